The average Bonchev–Trinajstić information content (AvgIpc) is 3.13. The van der Waals surface area contributed by atoms with Gasteiger partial charge in [0.1, 0.15) is 19.0 Å². The van der Waals surface area contributed by atoms with Crippen LogP contribution in [0.3, 0.4) is 0 Å². The molecule has 0 spiro atoms. The summed E-state index contributed by atoms with van der Waals surface area (Å²) in [5.41, 5.74) is 1.48. The highest BCUT2D eigenvalue weighted by atomic mass is 35.5. The van der Waals surface area contributed by atoms with Crippen LogP contribution in [-0.2, 0) is 11.4 Å². The fraction of sp³-hybridized carbons (Fsp3) is 0.185. The van der Waals surface area contributed by atoms with Gasteiger partial charge in [0.2, 0.25) is 0 Å². The molecule has 37 heavy (non-hydrogen) atoms. The molecule has 192 valence electrons. The number of halogens is 3. The lowest BCUT2D eigenvalue weighted by molar-refractivity contribution is -0.123. The zero-order valence-electron chi connectivity index (χ0n) is 19.7. The Morgan fingerprint density at radius 2 is 1.62 bits per heavy atom. The number of nitrogens with zero attached hydrogens (tertiary/aromatic N) is 1. The highest BCUT2D eigenvalue weighted by Crippen LogP contribution is 2.35. The van der Waals surface area contributed by atoms with Crippen molar-refractivity contribution in [2.75, 3.05) is 19.8 Å². The third-order valence-corrected chi connectivity index (χ3v) is 6.98. The molecule has 3 aromatic rings. The summed E-state index contributed by atoms with van der Waals surface area (Å²) in [5.74, 6) is 1.27. The van der Waals surface area contributed by atoms with Crippen LogP contribution in [0, 0.1) is 0 Å². The Balaban J connectivity index is 1.42. The van der Waals surface area contributed by atoms with Crippen molar-refractivity contribution in [2.24, 2.45) is 0 Å². The van der Waals surface area contributed by atoms with Crippen LogP contribution in [0.15, 0.2) is 65.6 Å². The predicted octanol–water partition coefficient (Wildman–Crippen LogP) is 7.74. The van der Waals surface area contributed by atoms with Crippen LogP contribution in [-0.4, -0.2) is 35.8 Å². The Hall–Kier alpha value is -2.84. The van der Waals surface area contributed by atoms with Crippen LogP contribution in [0.25, 0.3) is 6.08 Å². The fourth-order valence-corrected chi connectivity index (χ4v) is 4.88. The second-order valence-corrected chi connectivity index (χ2v) is 10.1. The molecule has 10 heteroatoms. The number of hydrogen-bond acceptors (Lipinski definition) is 6. The summed E-state index contributed by atoms with van der Waals surface area (Å²) >= 11 is 19.0. The normalized spacial score (nSPS) is 14.4. The first-order valence-corrected chi connectivity index (χ1v) is 13.3. The van der Waals surface area contributed by atoms with Gasteiger partial charge in [-0.15, -0.1) is 0 Å². The van der Waals surface area contributed by atoms with Gasteiger partial charge in [0.05, 0.1) is 18.1 Å². The van der Waals surface area contributed by atoms with Gasteiger partial charge in [-0.05, 0) is 78.9 Å². The first-order chi connectivity index (χ1) is 17.8. The third-order valence-electron chi connectivity index (χ3n) is 5.23. The maximum atomic E-state index is 12.9. The van der Waals surface area contributed by atoms with Gasteiger partial charge in [0.25, 0.3) is 11.1 Å². The smallest absolute Gasteiger partial charge is 0.293 e. The molecule has 1 aliphatic heterocycles. The minimum atomic E-state index is -0.370. The molecule has 0 bridgehead atoms. The highest BCUT2D eigenvalue weighted by Gasteiger charge is 2.34. The lowest BCUT2D eigenvalue weighted by Crippen LogP contribution is -2.32. The van der Waals surface area contributed by atoms with E-state index in [4.69, 9.17) is 49.0 Å². The van der Waals surface area contributed by atoms with E-state index in [0.717, 1.165) is 17.3 Å². The monoisotopic (exact) mass is 577 g/mol. The summed E-state index contributed by atoms with van der Waals surface area (Å²) in [7, 11) is 0. The van der Waals surface area contributed by atoms with E-state index in [9.17, 15) is 9.59 Å². The maximum Gasteiger partial charge on any atom is 0.293 e. The molecule has 1 heterocycles. The van der Waals surface area contributed by atoms with E-state index in [1.807, 2.05) is 6.92 Å². The Morgan fingerprint density at radius 1 is 0.865 bits per heavy atom. The summed E-state index contributed by atoms with van der Waals surface area (Å²) in [6.07, 6.45) is 1.66. The van der Waals surface area contributed by atoms with Gasteiger partial charge < -0.3 is 14.2 Å². The van der Waals surface area contributed by atoms with E-state index < -0.39 is 0 Å². The zero-order chi connectivity index (χ0) is 26.4. The number of carbonyl (C=O) groups excluding carboxylic acids is 2. The molecule has 1 saturated heterocycles. The zero-order valence-corrected chi connectivity index (χ0v) is 22.8. The van der Waals surface area contributed by atoms with Crippen molar-refractivity contribution in [3.05, 3.63) is 91.8 Å². The van der Waals surface area contributed by atoms with Crippen LogP contribution in [0.1, 0.15) is 18.1 Å². The molecule has 2 amide bonds. The van der Waals surface area contributed by atoms with E-state index in [-0.39, 0.29) is 30.9 Å². The predicted molar refractivity (Wildman–Crippen MR) is 148 cm³/mol. The fourth-order valence-electron chi connectivity index (χ4n) is 3.43. The van der Waals surface area contributed by atoms with Gasteiger partial charge in [0, 0.05) is 20.6 Å². The number of hydrogen-bond donors (Lipinski definition) is 0. The number of rotatable bonds is 10. The van der Waals surface area contributed by atoms with Gasteiger partial charge in [-0.25, -0.2) is 0 Å². The van der Waals surface area contributed by atoms with Gasteiger partial charge >= 0.3 is 0 Å². The van der Waals surface area contributed by atoms with E-state index in [1.54, 1.807) is 66.7 Å². The van der Waals surface area contributed by atoms with Crippen LogP contribution >= 0.6 is 46.6 Å². The van der Waals surface area contributed by atoms with E-state index in [2.05, 4.69) is 0 Å². The molecule has 0 aromatic heterocycles. The molecular weight excluding hydrogens is 557 g/mol. The molecule has 6 nitrogen and oxygen atoms in total. The molecule has 1 fully saturated rings. The second kappa shape index (κ2) is 12.6. The standard InChI is InChI=1S/C27H22Cl3NO5S/c1-2-34-24-13-17(3-10-23(24)36-16-18-4-5-20(29)15-22(18)30)14-25-26(32)31(27(33)37-25)11-12-35-21-8-6-19(28)7-9-21/h3-10,13-15H,2,11-12,16H2,1H3/b25-14-. The van der Waals surface area contributed by atoms with Crippen LogP contribution in [0.5, 0.6) is 17.2 Å². The Kier molecular flexibility index (Phi) is 9.27. The summed E-state index contributed by atoms with van der Waals surface area (Å²) in [4.78, 5) is 26.8. The Labute approximate surface area is 234 Å². The van der Waals surface area contributed by atoms with Crippen molar-refractivity contribution >= 4 is 63.8 Å². The molecule has 4 rings (SSSR count). The topological polar surface area (TPSA) is 65.1 Å². The Morgan fingerprint density at radius 3 is 2.35 bits per heavy atom. The van der Waals surface area contributed by atoms with E-state index >= 15 is 0 Å². The second-order valence-electron chi connectivity index (χ2n) is 7.80. The quantitative estimate of drug-likeness (QED) is 0.229. The first kappa shape index (κ1) is 27.2. The summed E-state index contributed by atoms with van der Waals surface area (Å²) in [6.45, 7) is 2.82. The number of benzene rings is 3. The van der Waals surface area contributed by atoms with Crippen molar-refractivity contribution in [2.45, 2.75) is 13.5 Å². The minimum absolute atomic E-state index is 0.134. The third kappa shape index (κ3) is 7.14. The molecular formula is C27H22Cl3NO5S. The maximum absolute atomic E-state index is 12.9. The Bertz CT molecular complexity index is 1330. The van der Waals surface area contributed by atoms with E-state index in [1.165, 1.54) is 4.90 Å². The molecule has 3 aromatic carbocycles. The van der Waals surface area contributed by atoms with Gasteiger partial charge in [-0.1, -0.05) is 46.9 Å². The number of thioether (sulfide) groups is 1. The van der Waals surface area contributed by atoms with Gasteiger partial charge in [0.15, 0.2) is 11.5 Å². The molecule has 1 aliphatic rings. The largest absolute Gasteiger partial charge is 0.492 e. The van der Waals surface area contributed by atoms with Crippen molar-refractivity contribution in [3.63, 3.8) is 0 Å². The van der Waals surface area contributed by atoms with Gasteiger partial charge in [-0.2, -0.15) is 0 Å². The van der Waals surface area contributed by atoms with Crippen LogP contribution in [0.4, 0.5) is 4.79 Å². The molecule has 0 saturated carbocycles. The summed E-state index contributed by atoms with van der Waals surface area (Å²) in [5, 5.41) is 1.31. The molecule has 0 atom stereocenters. The van der Waals surface area contributed by atoms with Crippen LogP contribution < -0.4 is 14.2 Å². The lowest BCUT2D eigenvalue weighted by atomic mass is 10.1. The molecule has 0 unspecified atom stereocenters. The summed E-state index contributed by atoms with van der Waals surface area (Å²) in [6, 6.07) is 17.4. The first-order valence-electron chi connectivity index (χ1n) is 11.3. The number of ether oxygens (including phenoxy) is 3. The van der Waals surface area contributed by atoms with E-state index in [0.29, 0.717) is 49.4 Å². The van der Waals surface area contributed by atoms with Crippen molar-refractivity contribution in [1.29, 1.82) is 0 Å². The van der Waals surface area contributed by atoms with Crippen molar-refractivity contribution in [3.8, 4) is 17.2 Å². The average molecular weight is 579 g/mol. The molecule has 0 aliphatic carbocycles. The van der Waals surface area contributed by atoms with Crippen LogP contribution in [0.2, 0.25) is 15.1 Å². The minimum Gasteiger partial charge on any atom is -0.492 e. The number of amides is 2. The molecule has 0 radical (unpaired) electrons. The highest BCUT2D eigenvalue weighted by molar-refractivity contribution is 8.18. The van der Waals surface area contributed by atoms with Crippen molar-refractivity contribution in [1.82, 2.24) is 4.90 Å². The molecule has 0 N–H and O–H groups in total. The lowest BCUT2D eigenvalue weighted by Gasteiger charge is -2.14. The summed E-state index contributed by atoms with van der Waals surface area (Å²) < 4.78 is 17.3. The number of imide groups is 1. The van der Waals surface area contributed by atoms with Gasteiger partial charge in [-0.3, -0.25) is 14.5 Å². The SMILES string of the molecule is CCOc1cc(/C=C2\SC(=O)N(CCOc3ccc(Cl)cc3)C2=O)ccc1OCc1ccc(Cl)cc1Cl. The van der Waals surface area contributed by atoms with Crippen molar-refractivity contribution < 1.29 is 23.8 Å². The number of carbonyl (C=O) groups is 2.